The molecule has 0 aliphatic heterocycles. The van der Waals surface area contributed by atoms with Crippen molar-refractivity contribution in [1.29, 1.82) is 0 Å². The fraction of sp³-hybridized carbons (Fsp3) is 0.300. The van der Waals surface area contributed by atoms with Gasteiger partial charge >= 0.3 is 12.1 Å². The van der Waals surface area contributed by atoms with E-state index in [2.05, 4.69) is 15.3 Å². The van der Waals surface area contributed by atoms with E-state index in [9.17, 15) is 9.59 Å². The molecular weight excluding hydrogens is 378 g/mol. The van der Waals surface area contributed by atoms with Crippen LogP contribution in [0.15, 0.2) is 35.7 Å². The maximum Gasteiger partial charge on any atom is 0.407 e. The fourth-order valence-electron chi connectivity index (χ4n) is 2.56. The van der Waals surface area contributed by atoms with Crippen molar-refractivity contribution in [3.8, 4) is 11.3 Å². The van der Waals surface area contributed by atoms with Gasteiger partial charge in [0.05, 0.1) is 23.0 Å². The lowest BCUT2D eigenvalue weighted by Gasteiger charge is -2.19. The second kappa shape index (κ2) is 7.93. The third kappa shape index (κ3) is 4.64. The van der Waals surface area contributed by atoms with E-state index >= 15 is 0 Å². The maximum absolute atomic E-state index is 11.9. The molecule has 8 heteroatoms. The standard InChI is InChI=1S/C20H21N3O4S/c1-20(2,3)27-19(25)21-11-12-6-5-7-13(10-12)15-16-14(8-9-28-16)22-17(23-15)18(24)26-4/h5-10H,11H2,1-4H3,(H,21,25). The van der Waals surface area contributed by atoms with Gasteiger partial charge in [-0.3, -0.25) is 0 Å². The zero-order valence-electron chi connectivity index (χ0n) is 16.1. The lowest BCUT2D eigenvalue weighted by atomic mass is 10.1. The Hall–Kier alpha value is -3.00. The van der Waals surface area contributed by atoms with Crippen LogP contribution >= 0.6 is 11.3 Å². The molecule has 0 aliphatic rings. The Kier molecular flexibility index (Phi) is 5.60. The lowest BCUT2D eigenvalue weighted by molar-refractivity contribution is 0.0522. The minimum atomic E-state index is -0.586. The summed E-state index contributed by atoms with van der Waals surface area (Å²) in [5.41, 5.74) is 2.49. The number of alkyl carbamates (subject to hydrolysis) is 1. The zero-order valence-corrected chi connectivity index (χ0v) is 16.9. The number of nitrogens with one attached hydrogen (secondary N) is 1. The van der Waals surface area contributed by atoms with E-state index in [1.54, 1.807) is 0 Å². The van der Waals surface area contributed by atoms with Crippen molar-refractivity contribution in [2.75, 3.05) is 7.11 Å². The number of hydrogen-bond acceptors (Lipinski definition) is 7. The molecule has 1 aromatic carbocycles. The first kappa shape index (κ1) is 19.8. The number of thiophene rings is 1. The predicted octanol–water partition coefficient (Wildman–Crippen LogP) is 4.17. The normalized spacial score (nSPS) is 11.3. The highest BCUT2D eigenvalue weighted by Crippen LogP contribution is 2.30. The van der Waals surface area contributed by atoms with Crippen LogP contribution in [0.3, 0.4) is 0 Å². The molecule has 146 valence electrons. The third-order valence-electron chi connectivity index (χ3n) is 3.71. The number of esters is 1. The van der Waals surface area contributed by atoms with Crippen LogP contribution in [0.25, 0.3) is 21.5 Å². The van der Waals surface area contributed by atoms with Crippen LogP contribution in [0.1, 0.15) is 37.0 Å². The fourth-order valence-corrected chi connectivity index (χ4v) is 3.40. The number of fused-ring (bicyclic) bond motifs is 1. The van der Waals surface area contributed by atoms with Gasteiger partial charge in [0.1, 0.15) is 5.60 Å². The summed E-state index contributed by atoms with van der Waals surface area (Å²) in [6, 6.07) is 9.43. The highest BCUT2D eigenvalue weighted by atomic mass is 32.1. The number of hydrogen-bond donors (Lipinski definition) is 1. The van der Waals surface area contributed by atoms with Gasteiger partial charge in [-0.2, -0.15) is 0 Å². The molecule has 0 fully saturated rings. The number of methoxy groups -OCH3 is 1. The number of rotatable bonds is 4. The molecule has 3 rings (SSSR count). The summed E-state index contributed by atoms with van der Waals surface area (Å²) in [5, 5.41) is 4.64. The van der Waals surface area contributed by atoms with Crippen molar-refractivity contribution in [2.45, 2.75) is 32.9 Å². The summed E-state index contributed by atoms with van der Waals surface area (Å²) in [7, 11) is 1.30. The molecule has 1 amide bonds. The van der Waals surface area contributed by atoms with Crippen molar-refractivity contribution in [3.05, 3.63) is 47.1 Å². The largest absolute Gasteiger partial charge is 0.463 e. The van der Waals surface area contributed by atoms with E-state index in [1.165, 1.54) is 18.4 Å². The second-order valence-electron chi connectivity index (χ2n) is 7.08. The van der Waals surface area contributed by atoms with Crippen molar-refractivity contribution < 1.29 is 19.1 Å². The number of nitrogens with zero attached hydrogens (tertiary/aromatic N) is 2. The molecule has 28 heavy (non-hydrogen) atoms. The lowest BCUT2D eigenvalue weighted by Crippen LogP contribution is -2.32. The molecule has 0 radical (unpaired) electrons. The van der Waals surface area contributed by atoms with Crippen LogP contribution < -0.4 is 5.32 Å². The molecule has 7 nitrogen and oxygen atoms in total. The highest BCUT2D eigenvalue weighted by molar-refractivity contribution is 7.17. The van der Waals surface area contributed by atoms with Crippen molar-refractivity contribution in [3.63, 3.8) is 0 Å². The van der Waals surface area contributed by atoms with Gasteiger partial charge in [-0.25, -0.2) is 19.6 Å². The topological polar surface area (TPSA) is 90.4 Å². The van der Waals surface area contributed by atoms with Crippen LogP contribution in [-0.2, 0) is 16.0 Å². The van der Waals surface area contributed by atoms with Crippen molar-refractivity contribution in [1.82, 2.24) is 15.3 Å². The van der Waals surface area contributed by atoms with Crippen LogP contribution in [0.4, 0.5) is 4.79 Å². The van der Waals surface area contributed by atoms with Gasteiger partial charge in [0.2, 0.25) is 5.82 Å². The number of amides is 1. The number of carbonyl (C=O) groups is 2. The Morgan fingerprint density at radius 3 is 2.68 bits per heavy atom. The van der Waals surface area contributed by atoms with Crippen LogP contribution in [0.2, 0.25) is 0 Å². The SMILES string of the molecule is COC(=O)c1nc(-c2cccc(CNC(=O)OC(C)(C)C)c2)c2sccc2n1. The zero-order chi connectivity index (χ0) is 20.3. The number of benzene rings is 1. The number of aromatic nitrogens is 2. The summed E-state index contributed by atoms with van der Waals surface area (Å²) in [6.07, 6.45) is -0.478. The summed E-state index contributed by atoms with van der Waals surface area (Å²) in [5.74, 6) is -0.571. The van der Waals surface area contributed by atoms with Gasteiger partial charge in [0, 0.05) is 12.1 Å². The summed E-state index contributed by atoms with van der Waals surface area (Å²) in [6.45, 7) is 5.75. The monoisotopic (exact) mass is 399 g/mol. The van der Waals surface area contributed by atoms with Gasteiger partial charge in [0.25, 0.3) is 0 Å². The van der Waals surface area contributed by atoms with Gasteiger partial charge in [0.15, 0.2) is 0 Å². The molecule has 3 aromatic rings. The van der Waals surface area contributed by atoms with Gasteiger partial charge in [-0.1, -0.05) is 18.2 Å². The average Bonchev–Trinajstić information content (AvgIpc) is 3.12. The van der Waals surface area contributed by atoms with Crippen LogP contribution in [-0.4, -0.2) is 34.7 Å². The van der Waals surface area contributed by atoms with E-state index in [0.717, 1.165) is 15.8 Å². The molecule has 0 saturated heterocycles. The Balaban J connectivity index is 1.89. The summed E-state index contributed by atoms with van der Waals surface area (Å²) >= 11 is 1.50. The molecule has 0 spiro atoms. The average molecular weight is 399 g/mol. The first-order chi connectivity index (χ1) is 13.3. The molecule has 2 aromatic heterocycles. The van der Waals surface area contributed by atoms with E-state index in [0.29, 0.717) is 17.8 Å². The maximum atomic E-state index is 11.9. The first-order valence-corrected chi connectivity index (χ1v) is 9.54. The summed E-state index contributed by atoms with van der Waals surface area (Å²) < 4.78 is 10.9. The smallest absolute Gasteiger partial charge is 0.407 e. The van der Waals surface area contributed by atoms with Crippen molar-refractivity contribution in [2.24, 2.45) is 0 Å². The first-order valence-electron chi connectivity index (χ1n) is 8.66. The number of ether oxygens (including phenoxy) is 2. The Morgan fingerprint density at radius 1 is 1.18 bits per heavy atom. The van der Waals surface area contributed by atoms with Crippen LogP contribution in [0, 0.1) is 0 Å². The summed E-state index contributed by atoms with van der Waals surface area (Å²) in [4.78, 5) is 32.5. The Bertz CT molecular complexity index is 1020. The molecule has 0 aliphatic carbocycles. The van der Waals surface area contributed by atoms with Gasteiger partial charge in [-0.15, -0.1) is 11.3 Å². The van der Waals surface area contributed by atoms with E-state index < -0.39 is 17.7 Å². The molecule has 0 atom stereocenters. The molecule has 0 saturated carbocycles. The van der Waals surface area contributed by atoms with E-state index in [-0.39, 0.29) is 5.82 Å². The molecule has 1 N–H and O–H groups in total. The van der Waals surface area contributed by atoms with E-state index in [1.807, 2.05) is 56.5 Å². The Morgan fingerprint density at radius 2 is 1.96 bits per heavy atom. The molecular formula is C20H21N3O4S. The van der Waals surface area contributed by atoms with E-state index in [4.69, 9.17) is 9.47 Å². The molecule has 0 unspecified atom stereocenters. The quantitative estimate of drug-likeness (QED) is 0.662. The predicted molar refractivity (Wildman–Crippen MR) is 107 cm³/mol. The second-order valence-corrected chi connectivity index (χ2v) is 7.99. The Labute approximate surface area is 166 Å². The van der Waals surface area contributed by atoms with Gasteiger partial charge < -0.3 is 14.8 Å². The number of carbonyl (C=O) groups excluding carboxylic acids is 2. The highest BCUT2D eigenvalue weighted by Gasteiger charge is 2.18. The third-order valence-corrected chi connectivity index (χ3v) is 4.62. The minimum Gasteiger partial charge on any atom is -0.463 e. The van der Waals surface area contributed by atoms with Crippen LogP contribution in [0.5, 0.6) is 0 Å². The molecule has 0 bridgehead atoms. The van der Waals surface area contributed by atoms with Gasteiger partial charge in [-0.05, 0) is 43.8 Å². The molecule has 2 heterocycles. The van der Waals surface area contributed by atoms with Crippen molar-refractivity contribution >= 4 is 33.6 Å². The minimum absolute atomic E-state index is 0.0145.